The van der Waals surface area contributed by atoms with Crippen LogP contribution in [0.15, 0.2) is 24.3 Å². The van der Waals surface area contributed by atoms with Gasteiger partial charge in [0.1, 0.15) is 5.75 Å². The predicted molar refractivity (Wildman–Crippen MR) is 66.6 cm³/mol. The van der Waals surface area contributed by atoms with Gasteiger partial charge in [-0.1, -0.05) is 26.0 Å². The van der Waals surface area contributed by atoms with E-state index in [1.807, 2.05) is 0 Å². The highest BCUT2D eigenvalue weighted by molar-refractivity contribution is 5.27. The molecule has 2 heteroatoms. The van der Waals surface area contributed by atoms with Gasteiger partial charge in [0, 0.05) is 12.6 Å². The maximum absolute atomic E-state index is 5.54. The molecule has 1 N–H and O–H groups in total. The second-order valence-corrected chi connectivity index (χ2v) is 4.69. The van der Waals surface area contributed by atoms with E-state index in [9.17, 15) is 0 Å². The van der Waals surface area contributed by atoms with Crippen molar-refractivity contribution in [1.82, 2.24) is 5.32 Å². The van der Waals surface area contributed by atoms with Crippen molar-refractivity contribution in [3.8, 4) is 5.75 Å². The van der Waals surface area contributed by atoms with Gasteiger partial charge in [0.25, 0.3) is 0 Å². The van der Waals surface area contributed by atoms with Crippen LogP contribution in [-0.4, -0.2) is 12.6 Å². The number of hydrogen-bond donors (Lipinski definition) is 1. The highest BCUT2D eigenvalue weighted by Crippen LogP contribution is 2.29. The summed E-state index contributed by atoms with van der Waals surface area (Å²) in [5, 5.41) is 3.54. The van der Waals surface area contributed by atoms with E-state index in [1.54, 1.807) is 0 Å². The summed E-state index contributed by atoms with van der Waals surface area (Å²) < 4.78 is 5.54. The molecule has 16 heavy (non-hydrogen) atoms. The van der Waals surface area contributed by atoms with Gasteiger partial charge < -0.3 is 10.1 Å². The summed E-state index contributed by atoms with van der Waals surface area (Å²) >= 11 is 0. The van der Waals surface area contributed by atoms with Gasteiger partial charge in [-0.15, -0.1) is 0 Å². The number of rotatable bonds is 6. The summed E-state index contributed by atoms with van der Waals surface area (Å²) in [6.07, 6.45) is 2.39. The molecule has 0 spiro atoms. The van der Waals surface area contributed by atoms with Crippen molar-refractivity contribution >= 4 is 0 Å². The fourth-order valence-electron chi connectivity index (χ4n) is 1.78. The Labute approximate surface area is 98.0 Å². The summed E-state index contributed by atoms with van der Waals surface area (Å²) in [6.45, 7) is 6.19. The molecule has 1 saturated carbocycles. The third-order valence-electron chi connectivity index (χ3n) is 3.07. The quantitative estimate of drug-likeness (QED) is 0.794. The predicted octanol–water partition coefficient (Wildman–Crippen LogP) is 2.97. The molecule has 1 aromatic rings. The van der Waals surface area contributed by atoms with Gasteiger partial charge in [0.05, 0.1) is 6.61 Å². The lowest BCUT2D eigenvalue weighted by atomic mass is 10.2. The summed E-state index contributed by atoms with van der Waals surface area (Å²) in [6, 6.07) is 9.15. The molecule has 1 aliphatic carbocycles. The van der Waals surface area contributed by atoms with Gasteiger partial charge in [-0.05, 0) is 36.5 Å². The molecular formula is C14H21NO. The number of hydrogen-bond acceptors (Lipinski definition) is 2. The summed E-state index contributed by atoms with van der Waals surface area (Å²) in [4.78, 5) is 0. The van der Waals surface area contributed by atoms with Gasteiger partial charge in [0.15, 0.2) is 0 Å². The summed E-state index contributed by atoms with van der Waals surface area (Å²) in [5.41, 5.74) is 1.34. The van der Waals surface area contributed by atoms with Crippen molar-refractivity contribution in [2.45, 2.75) is 39.3 Å². The molecule has 0 heterocycles. The molecule has 1 fully saturated rings. The second-order valence-electron chi connectivity index (χ2n) is 4.69. The SMILES string of the molecule is CCCOc1ccc(CNC2CC2C)cc1. The first-order chi connectivity index (χ1) is 7.79. The van der Waals surface area contributed by atoms with Crippen molar-refractivity contribution in [3.05, 3.63) is 29.8 Å². The Bertz CT molecular complexity index is 320. The van der Waals surface area contributed by atoms with Gasteiger partial charge in [0.2, 0.25) is 0 Å². The van der Waals surface area contributed by atoms with Gasteiger partial charge in [-0.25, -0.2) is 0 Å². The Kier molecular flexibility index (Phi) is 3.83. The first-order valence-corrected chi connectivity index (χ1v) is 6.24. The van der Waals surface area contributed by atoms with Crippen LogP contribution in [-0.2, 0) is 6.54 Å². The molecule has 0 aromatic heterocycles. The Hall–Kier alpha value is -1.02. The van der Waals surface area contributed by atoms with E-state index >= 15 is 0 Å². The van der Waals surface area contributed by atoms with Crippen LogP contribution in [0.2, 0.25) is 0 Å². The topological polar surface area (TPSA) is 21.3 Å². The number of benzene rings is 1. The van der Waals surface area contributed by atoms with E-state index in [0.717, 1.165) is 37.3 Å². The number of nitrogens with one attached hydrogen (secondary N) is 1. The second kappa shape index (κ2) is 5.35. The molecule has 0 saturated heterocycles. The van der Waals surface area contributed by atoms with Gasteiger partial charge in [-0.3, -0.25) is 0 Å². The van der Waals surface area contributed by atoms with Crippen LogP contribution >= 0.6 is 0 Å². The smallest absolute Gasteiger partial charge is 0.119 e. The van der Waals surface area contributed by atoms with E-state index < -0.39 is 0 Å². The lowest BCUT2D eigenvalue weighted by molar-refractivity contribution is 0.317. The van der Waals surface area contributed by atoms with Crippen molar-refractivity contribution < 1.29 is 4.74 Å². The molecule has 0 radical (unpaired) electrons. The Morgan fingerprint density at radius 1 is 1.31 bits per heavy atom. The van der Waals surface area contributed by atoms with Crippen LogP contribution in [0, 0.1) is 5.92 Å². The van der Waals surface area contributed by atoms with Crippen LogP contribution in [0.3, 0.4) is 0 Å². The van der Waals surface area contributed by atoms with Crippen LogP contribution in [0.25, 0.3) is 0 Å². The maximum Gasteiger partial charge on any atom is 0.119 e. The summed E-state index contributed by atoms with van der Waals surface area (Å²) in [7, 11) is 0. The molecule has 2 unspecified atom stereocenters. The zero-order valence-corrected chi connectivity index (χ0v) is 10.2. The Morgan fingerprint density at radius 2 is 2.00 bits per heavy atom. The minimum atomic E-state index is 0.746. The van der Waals surface area contributed by atoms with Crippen LogP contribution in [0.4, 0.5) is 0 Å². The highest BCUT2D eigenvalue weighted by atomic mass is 16.5. The normalized spacial score (nSPS) is 23.1. The van der Waals surface area contributed by atoms with E-state index in [4.69, 9.17) is 4.74 Å². The fraction of sp³-hybridized carbons (Fsp3) is 0.571. The molecule has 2 rings (SSSR count). The molecule has 0 amide bonds. The average Bonchev–Trinajstić information content (AvgIpc) is 3.01. The minimum Gasteiger partial charge on any atom is -0.494 e. The molecule has 0 bridgehead atoms. The van der Waals surface area contributed by atoms with Crippen molar-refractivity contribution in [2.75, 3.05) is 6.61 Å². The number of ether oxygens (including phenoxy) is 1. The molecular weight excluding hydrogens is 198 g/mol. The van der Waals surface area contributed by atoms with Crippen LogP contribution in [0.1, 0.15) is 32.3 Å². The lowest BCUT2D eigenvalue weighted by Crippen LogP contribution is -2.16. The van der Waals surface area contributed by atoms with Gasteiger partial charge in [-0.2, -0.15) is 0 Å². The average molecular weight is 219 g/mol. The molecule has 1 aliphatic rings. The van der Waals surface area contributed by atoms with Gasteiger partial charge >= 0.3 is 0 Å². The third-order valence-corrected chi connectivity index (χ3v) is 3.07. The maximum atomic E-state index is 5.54. The molecule has 1 aromatic carbocycles. The van der Waals surface area contributed by atoms with E-state index in [2.05, 4.69) is 43.4 Å². The molecule has 88 valence electrons. The van der Waals surface area contributed by atoms with Crippen molar-refractivity contribution in [3.63, 3.8) is 0 Å². The largest absolute Gasteiger partial charge is 0.494 e. The summed E-state index contributed by atoms with van der Waals surface area (Å²) in [5.74, 6) is 1.84. The van der Waals surface area contributed by atoms with E-state index in [0.29, 0.717) is 0 Å². The lowest BCUT2D eigenvalue weighted by Gasteiger charge is -2.06. The first-order valence-electron chi connectivity index (χ1n) is 6.24. The fourth-order valence-corrected chi connectivity index (χ4v) is 1.78. The molecule has 2 atom stereocenters. The Morgan fingerprint density at radius 3 is 2.56 bits per heavy atom. The van der Waals surface area contributed by atoms with Crippen molar-refractivity contribution in [2.24, 2.45) is 5.92 Å². The highest BCUT2D eigenvalue weighted by Gasteiger charge is 2.31. The zero-order chi connectivity index (χ0) is 11.4. The molecule has 2 nitrogen and oxygen atoms in total. The monoisotopic (exact) mass is 219 g/mol. The standard InChI is InChI=1S/C14H21NO/c1-3-8-16-13-6-4-12(5-7-13)10-15-14-9-11(14)2/h4-7,11,14-15H,3,8-10H2,1-2H3. The Balaban J connectivity index is 1.77. The minimum absolute atomic E-state index is 0.746. The van der Waals surface area contributed by atoms with Crippen LogP contribution < -0.4 is 10.1 Å². The first kappa shape index (κ1) is 11.5. The van der Waals surface area contributed by atoms with E-state index in [1.165, 1.54) is 12.0 Å². The van der Waals surface area contributed by atoms with E-state index in [-0.39, 0.29) is 0 Å². The zero-order valence-electron chi connectivity index (χ0n) is 10.2. The third kappa shape index (κ3) is 3.24. The van der Waals surface area contributed by atoms with Crippen molar-refractivity contribution in [1.29, 1.82) is 0 Å². The van der Waals surface area contributed by atoms with Crippen LogP contribution in [0.5, 0.6) is 5.75 Å². The molecule has 0 aliphatic heterocycles.